The average molecular weight is 421 g/mol. The molecule has 1 atom stereocenters. The van der Waals surface area contributed by atoms with Crippen molar-refractivity contribution < 1.29 is 9.59 Å². The number of para-hydroxylation sites is 1. The van der Waals surface area contributed by atoms with Crippen LogP contribution in [-0.4, -0.2) is 65.9 Å². The number of hydrogen-bond donors (Lipinski definition) is 1. The lowest BCUT2D eigenvalue weighted by Gasteiger charge is -2.46. The molecule has 4 heterocycles. The monoisotopic (exact) mass is 420 g/mol. The van der Waals surface area contributed by atoms with Crippen molar-refractivity contribution in [2.75, 3.05) is 39.3 Å². The van der Waals surface area contributed by atoms with Gasteiger partial charge in [-0.3, -0.25) is 9.59 Å². The molecule has 1 unspecified atom stereocenters. The first kappa shape index (κ1) is 20.4. The van der Waals surface area contributed by atoms with Crippen LogP contribution in [-0.2, 0) is 4.79 Å². The summed E-state index contributed by atoms with van der Waals surface area (Å²) in [6.45, 7) is 9.50. The van der Waals surface area contributed by atoms with E-state index in [4.69, 9.17) is 0 Å². The van der Waals surface area contributed by atoms with E-state index in [9.17, 15) is 9.59 Å². The third kappa shape index (κ3) is 3.32. The summed E-state index contributed by atoms with van der Waals surface area (Å²) in [5, 5.41) is 4.16. The number of benzene rings is 1. The van der Waals surface area contributed by atoms with Crippen molar-refractivity contribution in [3.63, 3.8) is 0 Å². The zero-order valence-corrected chi connectivity index (χ0v) is 18.6. The van der Waals surface area contributed by atoms with Gasteiger partial charge in [0.2, 0.25) is 5.91 Å². The van der Waals surface area contributed by atoms with Gasteiger partial charge in [-0.1, -0.05) is 38.1 Å². The molecule has 6 nitrogen and oxygen atoms in total. The minimum absolute atomic E-state index is 0.00237. The zero-order valence-electron chi connectivity index (χ0n) is 18.6. The van der Waals surface area contributed by atoms with Crippen LogP contribution in [0.1, 0.15) is 43.6 Å². The molecule has 0 radical (unpaired) electrons. The van der Waals surface area contributed by atoms with Crippen LogP contribution in [0.25, 0.3) is 10.9 Å². The van der Waals surface area contributed by atoms with Gasteiger partial charge in [-0.05, 0) is 37.3 Å². The Morgan fingerprint density at radius 1 is 1.10 bits per heavy atom. The molecule has 2 amide bonds. The highest BCUT2D eigenvalue weighted by Crippen LogP contribution is 2.56. The second-order valence-corrected chi connectivity index (χ2v) is 10.1. The fourth-order valence-corrected chi connectivity index (χ4v) is 6.28. The first-order valence-corrected chi connectivity index (χ1v) is 11.6. The zero-order chi connectivity index (χ0) is 21.6. The number of pyridine rings is 1. The largest absolute Gasteiger partial charge is 0.356 e. The smallest absolute Gasteiger partial charge is 0.272 e. The molecular formula is C25H32N4O2. The van der Waals surface area contributed by atoms with Gasteiger partial charge in [0.15, 0.2) is 0 Å². The maximum absolute atomic E-state index is 13.2. The SMILES string of the molecule is CC(C)CN1CC2(CCN(C(=O)c3ccc4ccccc4n3)CC2)C2(CCNC2=O)C1. The topological polar surface area (TPSA) is 65.5 Å². The Morgan fingerprint density at radius 2 is 1.87 bits per heavy atom. The van der Waals surface area contributed by atoms with Gasteiger partial charge in [-0.15, -0.1) is 0 Å². The molecule has 3 aliphatic rings. The summed E-state index contributed by atoms with van der Waals surface area (Å²) in [5.41, 5.74) is 1.04. The van der Waals surface area contributed by atoms with Crippen molar-refractivity contribution in [2.24, 2.45) is 16.7 Å². The number of aromatic nitrogens is 1. The van der Waals surface area contributed by atoms with Crippen molar-refractivity contribution in [1.82, 2.24) is 20.1 Å². The Hall–Kier alpha value is -2.47. The predicted octanol–water partition coefficient (Wildman–Crippen LogP) is 2.94. The van der Waals surface area contributed by atoms with Crippen LogP contribution in [0.4, 0.5) is 0 Å². The molecule has 0 bridgehead atoms. The van der Waals surface area contributed by atoms with E-state index < -0.39 is 0 Å². The van der Waals surface area contributed by atoms with E-state index in [-0.39, 0.29) is 22.6 Å². The molecule has 3 aliphatic heterocycles. The van der Waals surface area contributed by atoms with Crippen LogP contribution in [0, 0.1) is 16.7 Å². The van der Waals surface area contributed by atoms with E-state index in [1.807, 2.05) is 41.3 Å². The average Bonchev–Trinajstić information content (AvgIpc) is 3.27. The minimum Gasteiger partial charge on any atom is -0.356 e. The van der Waals surface area contributed by atoms with E-state index in [0.717, 1.165) is 56.3 Å². The Bertz CT molecular complexity index is 1010. The Balaban J connectivity index is 1.35. The maximum Gasteiger partial charge on any atom is 0.272 e. The number of carbonyl (C=O) groups is 2. The second-order valence-electron chi connectivity index (χ2n) is 10.1. The second kappa shape index (κ2) is 7.59. The summed E-state index contributed by atoms with van der Waals surface area (Å²) >= 11 is 0. The highest BCUT2D eigenvalue weighted by molar-refractivity contribution is 5.95. The number of piperidine rings is 1. The number of likely N-dealkylation sites (tertiary alicyclic amines) is 2. The third-order valence-electron chi connectivity index (χ3n) is 7.76. The number of carbonyl (C=O) groups excluding carboxylic acids is 2. The number of hydrogen-bond acceptors (Lipinski definition) is 4. The summed E-state index contributed by atoms with van der Waals surface area (Å²) in [5.74, 6) is 0.814. The van der Waals surface area contributed by atoms with E-state index in [0.29, 0.717) is 24.7 Å². The molecule has 1 N–H and O–H groups in total. The maximum atomic E-state index is 13.2. The molecule has 3 saturated heterocycles. The van der Waals surface area contributed by atoms with Gasteiger partial charge in [0.1, 0.15) is 5.69 Å². The lowest BCUT2D eigenvalue weighted by molar-refractivity contribution is -0.133. The highest BCUT2D eigenvalue weighted by Gasteiger charge is 2.63. The standard InChI is InChI=1S/C25H32N4O2/c1-18(2)15-28-16-24(25(17-28)9-12-26-23(25)31)10-13-29(14-11-24)22(30)21-8-7-19-5-3-4-6-20(19)27-21/h3-8,18H,9-17H2,1-2H3,(H,26,31). The van der Waals surface area contributed by atoms with Crippen LogP contribution in [0.2, 0.25) is 0 Å². The summed E-state index contributed by atoms with van der Waals surface area (Å²) in [6.07, 6.45) is 2.68. The van der Waals surface area contributed by atoms with E-state index in [1.165, 1.54) is 0 Å². The third-order valence-corrected chi connectivity index (χ3v) is 7.76. The van der Waals surface area contributed by atoms with Crippen molar-refractivity contribution in [1.29, 1.82) is 0 Å². The summed E-state index contributed by atoms with van der Waals surface area (Å²) in [6, 6.07) is 11.7. The molecular weight excluding hydrogens is 388 g/mol. The number of nitrogens with zero attached hydrogens (tertiary/aromatic N) is 3. The Labute approximate surface area is 184 Å². The molecule has 1 aromatic heterocycles. The Kier molecular flexibility index (Phi) is 5.00. The van der Waals surface area contributed by atoms with Gasteiger partial charge in [0, 0.05) is 50.1 Å². The number of amides is 2. The molecule has 31 heavy (non-hydrogen) atoms. The van der Waals surface area contributed by atoms with Gasteiger partial charge in [-0.25, -0.2) is 4.98 Å². The molecule has 3 fully saturated rings. The first-order chi connectivity index (χ1) is 14.9. The summed E-state index contributed by atoms with van der Waals surface area (Å²) < 4.78 is 0. The lowest BCUT2D eigenvalue weighted by Crippen LogP contribution is -2.53. The van der Waals surface area contributed by atoms with Crippen LogP contribution < -0.4 is 5.32 Å². The van der Waals surface area contributed by atoms with Gasteiger partial charge in [0.05, 0.1) is 10.9 Å². The molecule has 6 heteroatoms. The van der Waals surface area contributed by atoms with E-state index in [1.54, 1.807) is 0 Å². The summed E-state index contributed by atoms with van der Waals surface area (Å²) in [7, 11) is 0. The molecule has 0 saturated carbocycles. The van der Waals surface area contributed by atoms with Crippen LogP contribution in [0.3, 0.4) is 0 Å². The fraction of sp³-hybridized carbons (Fsp3) is 0.560. The fourth-order valence-electron chi connectivity index (χ4n) is 6.28. The molecule has 1 aromatic carbocycles. The molecule has 164 valence electrons. The van der Waals surface area contributed by atoms with Gasteiger partial charge >= 0.3 is 0 Å². The number of fused-ring (bicyclic) bond motifs is 2. The van der Waals surface area contributed by atoms with Crippen LogP contribution in [0.5, 0.6) is 0 Å². The van der Waals surface area contributed by atoms with Gasteiger partial charge < -0.3 is 15.1 Å². The molecule has 0 aliphatic carbocycles. The molecule has 2 spiro atoms. The summed E-state index contributed by atoms with van der Waals surface area (Å²) in [4.78, 5) is 35.3. The minimum atomic E-state index is -0.293. The van der Waals surface area contributed by atoms with E-state index >= 15 is 0 Å². The van der Waals surface area contributed by atoms with Crippen molar-refractivity contribution in [3.05, 3.63) is 42.1 Å². The van der Waals surface area contributed by atoms with Crippen LogP contribution >= 0.6 is 0 Å². The lowest BCUT2D eigenvalue weighted by atomic mass is 9.60. The van der Waals surface area contributed by atoms with Gasteiger partial charge in [0.25, 0.3) is 5.91 Å². The highest BCUT2D eigenvalue weighted by atomic mass is 16.2. The normalized spacial score (nSPS) is 25.8. The number of rotatable bonds is 3. The van der Waals surface area contributed by atoms with Crippen LogP contribution in [0.15, 0.2) is 36.4 Å². The predicted molar refractivity (Wildman–Crippen MR) is 121 cm³/mol. The molecule has 5 rings (SSSR count). The van der Waals surface area contributed by atoms with Crippen molar-refractivity contribution in [3.8, 4) is 0 Å². The quantitative estimate of drug-likeness (QED) is 0.829. The first-order valence-electron chi connectivity index (χ1n) is 11.6. The van der Waals surface area contributed by atoms with Crippen molar-refractivity contribution >= 4 is 22.7 Å². The van der Waals surface area contributed by atoms with Gasteiger partial charge in [-0.2, -0.15) is 0 Å². The molecule has 2 aromatic rings. The van der Waals surface area contributed by atoms with Crippen molar-refractivity contribution in [2.45, 2.75) is 33.1 Å². The number of nitrogens with one attached hydrogen (secondary N) is 1. The Morgan fingerprint density at radius 3 is 2.58 bits per heavy atom. The van der Waals surface area contributed by atoms with E-state index in [2.05, 4.69) is 29.0 Å².